The normalized spacial score (nSPS) is 21.6. The van der Waals surface area contributed by atoms with E-state index in [2.05, 4.69) is 28.7 Å². The molecule has 2 rings (SSSR count). The van der Waals surface area contributed by atoms with Gasteiger partial charge >= 0.3 is 0 Å². The lowest BCUT2D eigenvalue weighted by molar-refractivity contribution is -0.106. The standard InChI is InChI=1S/C15H25N3O3/c1-11(2)20-14-13(16-6-7-17-14)18-8-12(9-19-5)21-15(3,4)10-18/h6-7,11-12H,8-10H2,1-5H3/t12-/m0/s1. The van der Waals surface area contributed by atoms with Gasteiger partial charge in [0, 0.05) is 32.6 Å². The van der Waals surface area contributed by atoms with Gasteiger partial charge in [-0.2, -0.15) is 0 Å². The molecule has 0 radical (unpaired) electrons. The molecule has 1 aromatic heterocycles. The molecule has 0 aromatic carbocycles. The number of rotatable bonds is 5. The van der Waals surface area contributed by atoms with Crippen LogP contribution in [0.4, 0.5) is 5.82 Å². The Hall–Kier alpha value is -1.40. The summed E-state index contributed by atoms with van der Waals surface area (Å²) >= 11 is 0. The van der Waals surface area contributed by atoms with E-state index in [1.165, 1.54) is 0 Å². The van der Waals surface area contributed by atoms with Crippen molar-refractivity contribution in [2.45, 2.75) is 45.5 Å². The molecule has 1 saturated heterocycles. The fourth-order valence-corrected chi connectivity index (χ4v) is 2.57. The lowest BCUT2D eigenvalue weighted by Crippen LogP contribution is -2.54. The van der Waals surface area contributed by atoms with Crippen molar-refractivity contribution in [3.05, 3.63) is 12.4 Å². The van der Waals surface area contributed by atoms with Crippen LogP contribution in [0.25, 0.3) is 0 Å². The smallest absolute Gasteiger partial charge is 0.257 e. The number of morpholine rings is 1. The Morgan fingerprint density at radius 2 is 2.10 bits per heavy atom. The first-order chi connectivity index (χ1) is 9.91. The molecule has 21 heavy (non-hydrogen) atoms. The molecule has 0 unspecified atom stereocenters. The van der Waals surface area contributed by atoms with Crippen LogP contribution in [0.1, 0.15) is 27.7 Å². The second-order valence-electron chi connectivity index (χ2n) is 6.19. The van der Waals surface area contributed by atoms with Gasteiger partial charge in [0.15, 0.2) is 5.82 Å². The van der Waals surface area contributed by atoms with Crippen molar-refractivity contribution in [1.29, 1.82) is 0 Å². The number of anilines is 1. The molecule has 0 N–H and O–H groups in total. The number of hydrogen-bond donors (Lipinski definition) is 0. The number of aromatic nitrogens is 2. The summed E-state index contributed by atoms with van der Waals surface area (Å²) in [6.07, 6.45) is 3.41. The van der Waals surface area contributed by atoms with Crippen LogP contribution in [-0.4, -0.2) is 54.6 Å². The SMILES string of the molecule is COC[C@@H]1CN(c2nccnc2OC(C)C)CC(C)(C)O1. The highest BCUT2D eigenvalue weighted by Gasteiger charge is 2.35. The molecule has 1 aromatic rings. The molecule has 6 heteroatoms. The van der Waals surface area contributed by atoms with E-state index in [0.29, 0.717) is 19.0 Å². The average molecular weight is 295 g/mol. The monoisotopic (exact) mass is 295 g/mol. The summed E-state index contributed by atoms with van der Waals surface area (Å²) in [5, 5.41) is 0. The van der Waals surface area contributed by atoms with Crippen molar-refractivity contribution in [3.63, 3.8) is 0 Å². The van der Waals surface area contributed by atoms with Crippen molar-refractivity contribution >= 4 is 5.82 Å². The highest BCUT2D eigenvalue weighted by Crippen LogP contribution is 2.30. The van der Waals surface area contributed by atoms with Gasteiger partial charge in [-0.25, -0.2) is 9.97 Å². The molecule has 118 valence electrons. The third kappa shape index (κ3) is 4.28. The minimum atomic E-state index is -0.270. The van der Waals surface area contributed by atoms with Crippen LogP contribution in [0.2, 0.25) is 0 Å². The summed E-state index contributed by atoms with van der Waals surface area (Å²) in [4.78, 5) is 10.9. The summed E-state index contributed by atoms with van der Waals surface area (Å²) in [6, 6.07) is 0. The van der Waals surface area contributed by atoms with E-state index in [1.54, 1.807) is 19.5 Å². The average Bonchev–Trinajstić information content (AvgIpc) is 2.37. The molecule has 0 spiro atoms. The first-order valence-corrected chi connectivity index (χ1v) is 7.30. The fraction of sp³-hybridized carbons (Fsp3) is 0.733. The second kappa shape index (κ2) is 6.58. The van der Waals surface area contributed by atoms with Gasteiger partial charge in [0.05, 0.1) is 24.4 Å². The van der Waals surface area contributed by atoms with E-state index in [0.717, 1.165) is 12.4 Å². The topological polar surface area (TPSA) is 56.7 Å². The molecule has 0 amide bonds. The molecular weight excluding hydrogens is 270 g/mol. The number of ether oxygens (including phenoxy) is 3. The molecule has 0 saturated carbocycles. The molecular formula is C15H25N3O3. The van der Waals surface area contributed by atoms with Gasteiger partial charge in [-0.15, -0.1) is 0 Å². The molecule has 1 aliphatic heterocycles. The third-order valence-corrected chi connectivity index (χ3v) is 3.13. The molecule has 1 aliphatic rings. The first-order valence-electron chi connectivity index (χ1n) is 7.30. The van der Waals surface area contributed by atoms with Crippen molar-refractivity contribution in [3.8, 4) is 5.88 Å². The highest BCUT2D eigenvalue weighted by molar-refractivity contribution is 5.48. The number of hydrogen-bond acceptors (Lipinski definition) is 6. The Kier molecular flexibility index (Phi) is 5.00. The summed E-state index contributed by atoms with van der Waals surface area (Å²) in [6.45, 7) is 10.1. The van der Waals surface area contributed by atoms with Crippen LogP contribution in [0.15, 0.2) is 12.4 Å². The maximum absolute atomic E-state index is 6.03. The molecule has 0 bridgehead atoms. The second-order valence-corrected chi connectivity index (χ2v) is 6.19. The van der Waals surface area contributed by atoms with Gasteiger partial charge in [0.25, 0.3) is 5.88 Å². The van der Waals surface area contributed by atoms with E-state index in [4.69, 9.17) is 14.2 Å². The summed E-state index contributed by atoms with van der Waals surface area (Å²) in [5.41, 5.74) is -0.270. The minimum Gasteiger partial charge on any atom is -0.472 e. The molecule has 1 fully saturated rings. The van der Waals surface area contributed by atoms with E-state index in [-0.39, 0.29) is 17.8 Å². The van der Waals surface area contributed by atoms with Crippen molar-refractivity contribution in [2.75, 3.05) is 31.7 Å². The van der Waals surface area contributed by atoms with E-state index >= 15 is 0 Å². The molecule has 6 nitrogen and oxygen atoms in total. The maximum Gasteiger partial charge on any atom is 0.257 e. The van der Waals surface area contributed by atoms with E-state index in [9.17, 15) is 0 Å². The third-order valence-electron chi connectivity index (χ3n) is 3.13. The van der Waals surface area contributed by atoms with Crippen molar-refractivity contribution in [1.82, 2.24) is 9.97 Å². The Labute approximate surface area is 126 Å². The van der Waals surface area contributed by atoms with E-state index in [1.807, 2.05) is 13.8 Å². The predicted octanol–water partition coefficient (Wildman–Crippen LogP) is 1.89. The number of nitrogens with zero attached hydrogens (tertiary/aromatic N) is 3. The van der Waals surface area contributed by atoms with Gasteiger partial charge in [0.1, 0.15) is 0 Å². The van der Waals surface area contributed by atoms with Crippen molar-refractivity contribution < 1.29 is 14.2 Å². The van der Waals surface area contributed by atoms with Crippen LogP contribution in [-0.2, 0) is 9.47 Å². The predicted molar refractivity (Wildman–Crippen MR) is 80.8 cm³/mol. The number of methoxy groups -OCH3 is 1. The van der Waals surface area contributed by atoms with E-state index < -0.39 is 0 Å². The Balaban J connectivity index is 2.23. The largest absolute Gasteiger partial charge is 0.472 e. The molecule has 2 heterocycles. The fourth-order valence-electron chi connectivity index (χ4n) is 2.57. The molecule has 1 atom stereocenters. The lowest BCUT2D eigenvalue weighted by atomic mass is 10.1. The minimum absolute atomic E-state index is 0.00709. The van der Waals surface area contributed by atoms with Crippen LogP contribution in [0, 0.1) is 0 Å². The highest BCUT2D eigenvalue weighted by atomic mass is 16.5. The van der Waals surface area contributed by atoms with Crippen LogP contribution < -0.4 is 9.64 Å². The molecule has 0 aliphatic carbocycles. The lowest BCUT2D eigenvalue weighted by Gasteiger charge is -2.43. The van der Waals surface area contributed by atoms with Crippen LogP contribution in [0.3, 0.4) is 0 Å². The summed E-state index contributed by atoms with van der Waals surface area (Å²) < 4.78 is 17.0. The zero-order chi connectivity index (χ0) is 15.5. The van der Waals surface area contributed by atoms with Crippen LogP contribution >= 0.6 is 0 Å². The Morgan fingerprint density at radius 3 is 2.76 bits per heavy atom. The van der Waals surface area contributed by atoms with Crippen LogP contribution in [0.5, 0.6) is 5.88 Å². The quantitative estimate of drug-likeness (QED) is 0.827. The summed E-state index contributed by atoms with van der Waals surface area (Å²) in [5.74, 6) is 1.34. The van der Waals surface area contributed by atoms with Crippen molar-refractivity contribution in [2.24, 2.45) is 0 Å². The Morgan fingerprint density at radius 1 is 1.38 bits per heavy atom. The zero-order valence-corrected chi connectivity index (χ0v) is 13.5. The van der Waals surface area contributed by atoms with Gasteiger partial charge in [-0.1, -0.05) is 0 Å². The summed E-state index contributed by atoms with van der Waals surface area (Å²) in [7, 11) is 1.69. The maximum atomic E-state index is 6.03. The zero-order valence-electron chi connectivity index (χ0n) is 13.5. The van der Waals surface area contributed by atoms with Gasteiger partial charge in [-0.05, 0) is 27.7 Å². The first kappa shape index (κ1) is 16.0. The van der Waals surface area contributed by atoms with Gasteiger partial charge < -0.3 is 19.1 Å². The van der Waals surface area contributed by atoms with Gasteiger partial charge in [-0.3, -0.25) is 0 Å². The van der Waals surface area contributed by atoms with Gasteiger partial charge in [0.2, 0.25) is 0 Å². The Bertz CT molecular complexity index is 465.